The number of methoxy groups -OCH3 is 3. The highest BCUT2D eigenvalue weighted by Crippen LogP contribution is 2.38. The Kier molecular flexibility index (Phi) is 4.44. The van der Waals surface area contributed by atoms with E-state index >= 15 is 0 Å². The van der Waals surface area contributed by atoms with Crippen molar-refractivity contribution < 1.29 is 14.2 Å². The molecule has 4 heteroatoms. The highest BCUT2D eigenvalue weighted by molar-refractivity contribution is 5.51. The van der Waals surface area contributed by atoms with E-state index in [1.54, 1.807) is 21.3 Å². The molecular weight excluding hydrogens is 230 g/mol. The molecule has 0 saturated carbocycles. The minimum absolute atomic E-state index is 0.500. The van der Waals surface area contributed by atoms with Gasteiger partial charge in [-0.25, -0.2) is 0 Å². The van der Waals surface area contributed by atoms with Crippen LogP contribution in [-0.4, -0.2) is 34.4 Å². The van der Waals surface area contributed by atoms with Gasteiger partial charge in [0.15, 0.2) is 0 Å². The zero-order valence-electron chi connectivity index (χ0n) is 11.3. The molecule has 100 valence electrons. The average Bonchev–Trinajstić information content (AvgIpc) is 2.92. The second-order valence-electron chi connectivity index (χ2n) is 4.49. The van der Waals surface area contributed by atoms with Crippen LogP contribution in [0.1, 0.15) is 23.5 Å². The fourth-order valence-corrected chi connectivity index (χ4v) is 2.58. The number of rotatable bonds is 5. The second-order valence-corrected chi connectivity index (χ2v) is 4.49. The van der Waals surface area contributed by atoms with Gasteiger partial charge in [-0.1, -0.05) is 6.07 Å². The Balaban J connectivity index is 2.43. The van der Waals surface area contributed by atoms with Gasteiger partial charge in [0.05, 0.1) is 26.4 Å². The third kappa shape index (κ3) is 2.44. The quantitative estimate of drug-likeness (QED) is 0.868. The SMILES string of the molecule is COCc1c(OC)ccc(C2CCNC2)c1OC. The van der Waals surface area contributed by atoms with Crippen molar-refractivity contribution in [2.45, 2.75) is 18.9 Å². The van der Waals surface area contributed by atoms with E-state index in [2.05, 4.69) is 11.4 Å². The maximum absolute atomic E-state index is 5.60. The van der Waals surface area contributed by atoms with E-state index in [1.165, 1.54) is 5.56 Å². The molecule has 1 aromatic rings. The van der Waals surface area contributed by atoms with Gasteiger partial charge >= 0.3 is 0 Å². The summed E-state index contributed by atoms with van der Waals surface area (Å²) in [6.07, 6.45) is 1.15. The predicted molar refractivity (Wildman–Crippen MR) is 70.5 cm³/mol. The van der Waals surface area contributed by atoms with Gasteiger partial charge < -0.3 is 19.5 Å². The highest BCUT2D eigenvalue weighted by atomic mass is 16.5. The van der Waals surface area contributed by atoms with Gasteiger partial charge in [0, 0.05) is 19.6 Å². The molecule has 1 fully saturated rings. The maximum Gasteiger partial charge on any atom is 0.131 e. The number of hydrogen-bond acceptors (Lipinski definition) is 4. The zero-order chi connectivity index (χ0) is 13.0. The molecule has 0 spiro atoms. The Morgan fingerprint density at radius 3 is 2.61 bits per heavy atom. The summed E-state index contributed by atoms with van der Waals surface area (Å²) in [6.45, 7) is 2.58. The number of benzene rings is 1. The van der Waals surface area contributed by atoms with Crippen molar-refractivity contribution in [2.24, 2.45) is 0 Å². The molecule has 1 heterocycles. The minimum Gasteiger partial charge on any atom is -0.496 e. The molecule has 0 amide bonds. The molecule has 0 bridgehead atoms. The van der Waals surface area contributed by atoms with Gasteiger partial charge in [-0.3, -0.25) is 0 Å². The third-order valence-corrected chi connectivity index (χ3v) is 3.46. The second kappa shape index (κ2) is 6.07. The topological polar surface area (TPSA) is 39.7 Å². The van der Waals surface area contributed by atoms with E-state index in [1.807, 2.05) is 6.07 Å². The molecule has 1 saturated heterocycles. The van der Waals surface area contributed by atoms with Crippen molar-refractivity contribution in [1.82, 2.24) is 5.32 Å². The average molecular weight is 251 g/mol. The van der Waals surface area contributed by atoms with Crippen LogP contribution in [0.25, 0.3) is 0 Å². The van der Waals surface area contributed by atoms with Crippen LogP contribution in [0, 0.1) is 0 Å². The third-order valence-electron chi connectivity index (χ3n) is 3.46. The lowest BCUT2D eigenvalue weighted by Crippen LogP contribution is -2.10. The van der Waals surface area contributed by atoms with Gasteiger partial charge in [0.2, 0.25) is 0 Å². The van der Waals surface area contributed by atoms with Crippen molar-refractivity contribution in [1.29, 1.82) is 0 Å². The summed E-state index contributed by atoms with van der Waals surface area (Å²) in [5.74, 6) is 2.25. The van der Waals surface area contributed by atoms with Crippen LogP contribution < -0.4 is 14.8 Å². The summed E-state index contributed by atoms with van der Waals surface area (Å²) in [6, 6.07) is 4.11. The van der Waals surface area contributed by atoms with Gasteiger partial charge in [-0.05, 0) is 24.6 Å². The lowest BCUT2D eigenvalue weighted by Gasteiger charge is -2.19. The number of nitrogens with one attached hydrogen (secondary N) is 1. The molecule has 18 heavy (non-hydrogen) atoms. The first-order valence-electron chi connectivity index (χ1n) is 6.25. The Labute approximate surface area is 108 Å². The predicted octanol–water partition coefficient (Wildman–Crippen LogP) is 1.93. The highest BCUT2D eigenvalue weighted by Gasteiger charge is 2.23. The first kappa shape index (κ1) is 13.2. The fraction of sp³-hybridized carbons (Fsp3) is 0.571. The smallest absolute Gasteiger partial charge is 0.131 e. The summed E-state index contributed by atoms with van der Waals surface area (Å²) in [7, 11) is 5.06. The van der Waals surface area contributed by atoms with Gasteiger partial charge in [0.25, 0.3) is 0 Å². The number of hydrogen-bond donors (Lipinski definition) is 1. The van der Waals surface area contributed by atoms with Crippen molar-refractivity contribution in [3.63, 3.8) is 0 Å². The summed E-state index contributed by atoms with van der Waals surface area (Å²) in [5, 5.41) is 3.38. The van der Waals surface area contributed by atoms with Crippen molar-refractivity contribution in [3.8, 4) is 11.5 Å². The van der Waals surface area contributed by atoms with Crippen LogP contribution in [0.2, 0.25) is 0 Å². The lowest BCUT2D eigenvalue weighted by molar-refractivity contribution is 0.178. The Bertz CT molecular complexity index is 400. The molecule has 0 radical (unpaired) electrons. The molecule has 2 rings (SSSR count). The zero-order valence-corrected chi connectivity index (χ0v) is 11.3. The monoisotopic (exact) mass is 251 g/mol. The normalized spacial score (nSPS) is 18.9. The van der Waals surface area contributed by atoms with Crippen LogP contribution in [0.15, 0.2) is 12.1 Å². The Hall–Kier alpha value is -1.26. The van der Waals surface area contributed by atoms with Crippen LogP contribution in [0.4, 0.5) is 0 Å². The van der Waals surface area contributed by atoms with Crippen molar-refractivity contribution >= 4 is 0 Å². The maximum atomic E-state index is 5.60. The van der Waals surface area contributed by atoms with E-state index in [0.29, 0.717) is 12.5 Å². The van der Waals surface area contributed by atoms with Crippen molar-refractivity contribution in [2.75, 3.05) is 34.4 Å². The molecule has 1 aliphatic heterocycles. The molecule has 1 aliphatic rings. The molecule has 1 unspecified atom stereocenters. The molecule has 0 aromatic heterocycles. The molecule has 1 atom stereocenters. The van der Waals surface area contributed by atoms with Gasteiger partial charge in [0.1, 0.15) is 11.5 Å². The molecule has 0 aliphatic carbocycles. The Morgan fingerprint density at radius 1 is 1.22 bits per heavy atom. The standard InChI is InChI=1S/C14H21NO3/c1-16-9-12-13(17-2)5-4-11(14(12)18-3)10-6-7-15-8-10/h4-5,10,15H,6-9H2,1-3H3. The van der Waals surface area contributed by atoms with Gasteiger partial charge in [-0.15, -0.1) is 0 Å². The molecule has 1 aromatic carbocycles. The van der Waals surface area contributed by atoms with E-state index < -0.39 is 0 Å². The van der Waals surface area contributed by atoms with E-state index in [4.69, 9.17) is 14.2 Å². The van der Waals surface area contributed by atoms with Crippen LogP contribution in [0.5, 0.6) is 11.5 Å². The van der Waals surface area contributed by atoms with Crippen LogP contribution in [-0.2, 0) is 11.3 Å². The lowest BCUT2D eigenvalue weighted by atomic mass is 9.94. The number of ether oxygens (including phenoxy) is 3. The summed E-state index contributed by atoms with van der Waals surface area (Å²) < 4.78 is 16.2. The van der Waals surface area contributed by atoms with E-state index in [0.717, 1.165) is 36.6 Å². The van der Waals surface area contributed by atoms with Crippen molar-refractivity contribution in [3.05, 3.63) is 23.3 Å². The Morgan fingerprint density at radius 2 is 2.06 bits per heavy atom. The van der Waals surface area contributed by atoms with Gasteiger partial charge in [-0.2, -0.15) is 0 Å². The fourth-order valence-electron chi connectivity index (χ4n) is 2.58. The van der Waals surface area contributed by atoms with Crippen LogP contribution in [0.3, 0.4) is 0 Å². The molecular formula is C14H21NO3. The summed E-state index contributed by atoms with van der Waals surface area (Å²) in [4.78, 5) is 0. The first-order chi connectivity index (χ1) is 8.81. The first-order valence-corrected chi connectivity index (χ1v) is 6.25. The molecule has 4 nitrogen and oxygen atoms in total. The summed E-state index contributed by atoms with van der Waals surface area (Å²) in [5.41, 5.74) is 2.24. The summed E-state index contributed by atoms with van der Waals surface area (Å²) >= 11 is 0. The van der Waals surface area contributed by atoms with E-state index in [-0.39, 0.29) is 0 Å². The largest absolute Gasteiger partial charge is 0.496 e. The van der Waals surface area contributed by atoms with E-state index in [9.17, 15) is 0 Å². The van der Waals surface area contributed by atoms with Crippen LogP contribution >= 0.6 is 0 Å². The molecule has 1 N–H and O–H groups in total. The minimum atomic E-state index is 0.500.